The van der Waals surface area contributed by atoms with Crippen LogP contribution < -0.4 is 19.7 Å². The van der Waals surface area contributed by atoms with Crippen LogP contribution in [0.3, 0.4) is 0 Å². The fourth-order valence-corrected chi connectivity index (χ4v) is 11.8. The van der Waals surface area contributed by atoms with Gasteiger partial charge in [-0.05, 0) is 150 Å². The molecule has 0 heterocycles. The molecule has 0 amide bonds. The Balaban J connectivity index is 0.000000360. The molecule has 0 radical (unpaired) electrons. The molecule has 0 aliphatic heterocycles. The van der Waals surface area contributed by atoms with Gasteiger partial charge in [0, 0.05) is 24.0 Å². The fourth-order valence-electron chi connectivity index (χ4n) is 9.03. The molecule has 4 bridgehead atoms. The zero-order valence-electron chi connectivity index (χ0n) is 31.4. The number of carbonyl (C=O) groups is 2. The molecule has 0 saturated heterocycles. The molecule has 0 spiro atoms. The summed E-state index contributed by atoms with van der Waals surface area (Å²) in [6.45, 7) is 0. The summed E-state index contributed by atoms with van der Waals surface area (Å²) in [6, 6.07) is 17.1. The van der Waals surface area contributed by atoms with Crippen molar-refractivity contribution in [3.05, 3.63) is 85.0 Å². The second-order valence-electron chi connectivity index (χ2n) is 14.9. The number of fused-ring (bicyclic) bond motifs is 4. The molecule has 2 aromatic carbocycles. The number of nitrogens with one attached hydrogen (secondary N) is 2. The normalized spacial score (nSPS) is 26.5. The standard InChI is InChI=1S/2C20H27NO4S.Ca.2H2O/c2*22-19(23)11-7-2-1-6-10-18-15-12-13-16(14-15)20(18)21-26(24,25)17-8-4-3-5-9-17;;;/h2*1,3-6,8-9,15-16,18,20-21H,2,7,10-14H2,(H,22,23);;2*1H2/q;;+2;;/p-2/b2*6-1-;;;/t15-,16+,18-,20+;15-,16+,18-,20-;;;/m11.../s1. The molecule has 300 valence electrons. The number of unbranched alkanes of at least 4 members (excludes halogenated alkanes) is 2. The molecule has 4 aliphatic rings. The van der Waals surface area contributed by atoms with Crippen molar-refractivity contribution in [3.8, 4) is 0 Å². The third-order valence-corrected chi connectivity index (χ3v) is 14.5. The summed E-state index contributed by atoms with van der Waals surface area (Å²) in [5, 5.41) is 20.8. The van der Waals surface area contributed by atoms with Gasteiger partial charge in [-0.15, -0.1) is 0 Å². The van der Waals surface area contributed by atoms with Crippen molar-refractivity contribution < 1.29 is 47.6 Å². The third kappa shape index (κ3) is 14.0. The van der Waals surface area contributed by atoms with E-state index in [4.69, 9.17) is 0 Å². The van der Waals surface area contributed by atoms with E-state index in [1.807, 2.05) is 24.3 Å². The van der Waals surface area contributed by atoms with Crippen LogP contribution >= 0.6 is 0 Å². The Morgan fingerprint density at radius 1 is 0.582 bits per heavy atom. The van der Waals surface area contributed by atoms with Gasteiger partial charge >= 0.3 is 37.7 Å². The summed E-state index contributed by atoms with van der Waals surface area (Å²) in [4.78, 5) is 21.5. The molecular weight excluding hydrogens is 773 g/mol. The minimum absolute atomic E-state index is 0. The van der Waals surface area contributed by atoms with Gasteiger partial charge in [-0.3, -0.25) is 0 Å². The van der Waals surface area contributed by atoms with Gasteiger partial charge in [0.25, 0.3) is 0 Å². The minimum atomic E-state index is -3.49. The second kappa shape index (κ2) is 23.3. The van der Waals surface area contributed by atoms with Gasteiger partial charge in [0.2, 0.25) is 20.0 Å². The van der Waals surface area contributed by atoms with Crippen LogP contribution in [0.25, 0.3) is 0 Å². The number of carboxylic acids is 2. The molecule has 4 saturated carbocycles. The van der Waals surface area contributed by atoms with E-state index in [0.717, 1.165) is 51.4 Å². The number of hydrogen-bond acceptors (Lipinski definition) is 8. The predicted molar refractivity (Wildman–Crippen MR) is 208 cm³/mol. The van der Waals surface area contributed by atoms with Gasteiger partial charge in [-0.1, -0.05) is 60.7 Å². The van der Waals surface area contributed by atoms with Crippen LogP contribution in [0, 0.1) is 35.5 Å². The monoisotopic (exact) mass is 828 g/mol. The maximum atomic E-state index is 12.7. The molecular formula is C40H56CaN2O10S2. The fraction of sp³-hybridized carbons (Fsp3) is 0.550. The Hall–Kier alpha value is -2.14. The van der Waals surface area contributed by atoms with Gasteiger partial charge in [0.15, 0.2) is 0 Å². The van der Waals surface area contributed by atoms with Gasteiger partial charge in [-0.25, -0.2) is 26.3 Å². The molecule has 4 aliphatic carbocycles. The molecule has 0 aromatic heterocycles. The molecule has 6 rings (SSSR count). The Bertz CT molecular complexity index is 1630. The number of carboxylic acid groups (broad SMARTS) is 2. The molecule has 12 nitrogen and oxygen atoms in total. The van der Waals surface area contributed by atoms with E-state index in [0.29, 0.717) is 58.1 Å². The molecule has 8 atom stereocenters. The minimum Gasteiger partial charge on any atom is -0.550 e. The van der Waals surface area contributed by atoms with Crippen LogP contribution in [0.4, 0.5) is 0 Å². The first-order chi connectivity index (χ1) is 24.9. The number of rotatable bonds is 18. The Morgan fingerprint density at radius 2 is 0.927 bits per heavy atom. The Morgan fingerprint density at radius 3 is 1.27 bits per heavy atom. The average molecular weight is 829 g/mol. The quantitative estimate of drug-likeness (QED) is 0.128. The maximum absolute atomic E-state index is 12.7. The summed E-state index contributed by atoms with van der Waals surface area (Å²) < 4.78 is 56.7. The average Bonchev–Trinajstić information content (AvgIpc) is 3.92. The second-order valence-corrected chi connectivity index (χ2v) is 18.3. The van der Waals surface area contributed by atoms with Gasteiger partial charge < -0.3 is 30.8 Å². The zero-order chi connectivity index (χ0) is 37.1. The summed E-state index contributed by atoms with van der Waals surface area (Å²) in [6.07, 6.45) is 19.4. The molecule has 15 heteroatoms. The van der Waals surface area contributed by atoms with Gasteiger partial charge in [0.1, 0.15) is 0 Å². The first-order valence-corrected chi connectivity index (χ1v) is 21.8. The molecule has 4 fully saturated rings. The topological polar surface area (TPSA) is 236 Å². The zero-order valence-corrected chi connectivity index (χ0v) is 35.2. The summed E-state index contributed by atoms with van der Waals surface area (Å²) in [7, 11) is -6.99. The van der Waals surface area contributed by atoms with Gasteiger partial charge in [0.05, 0.1) is 9.79 Å². The van der Waals surface area contributed by atoms with Crippen LogP contribution in [0.15, 0.2) is 94.8 Å². The van der Waals surface area contributed by atoms with Crippen LogP contribution in [0.2, 0.25) is 0 Å². The molecule has 2 aromatic rings. The van der Waals surface area contributed by atoms with E-state index < -0.39 is 32.0 Å². The number of carbonyl (C=O) groups excluding carboxylic acids is 2. The van der Waals surface area contributed by atoms with Crippen molar-refractivity contribution in [2.75, 3.05) is 0 Å². The summed E-state index contributed by atoms with van der Waals surface area (Å²) in [5.74, 6) is 0.635. The number of allylic oxidation sites excluding steroid dienone is 4. The van der Waals surface area contributed by atoms with E-state index in [9.17, 15) is 36.6 Å². The summed E-state index contributed by atoms with van der Waals surface area (Å²) in [5.41, 5.74) is 0. The third-order valence-electron chi connectivity index (χ3n) is 11.5. The van der Waals surface area contributed by atoms with E-state index >= 15 is 0 Å². The first kappa shape index (κ1) is 49.0. The van der Waals surface area contributed by atoms with Crippen molar-refractivity contribution in [1.82, 2.24) is 9.44 Å². The number of aliphatic carboxylic acids is 2. The van der Waals surface area contributed by atoms with Crippen molar-refractivity contribution in [2.45, 2.75) is 112 Å². The van der Waals surface area contributed by atoms with Crippen molar-refractivity contribution in [1.29, 1.82) is 0 Å². The van der Waals surface area contributed by atoms with E-state index in [2.05, 4.69) is 21.6 Å². The van der Waals surface area contributed by atoms with Crippen LogP contribution in [-0.2, 0) is 29.6 Å². The Labute approximate surface area is 356 Å². The molecule has 0 unspecified atom stereocenters. The van der Waals surface area contributed by atoms with Crippen molar-refractivity contribution in [3.63, 3.8) is 0 Å². The largest absolute Gasteiger partial charge is 2.00 e. The van der Waals surface area contributed by atoms with Crippen molar-refractivity contribution >= 4 is 69.7 Å². The van der Waals surface area contributed by atoms with Crippen LogP contribution in [0.5, 0.6) is 0 Å². The van der Waals surface area contributed by atoms with E-state index in [1.165, 1.54) is 12.8 Å². The molecule has 55 heavy (non-hydrogen) atoms. The molecule has 6 N–H and O–H groups in total. The number of hydrogen-bond donors (Lipinski definition) is 2. The van der Waals surface area contributed by atoms with E-state index in [1.54, 1.807) is 48.5 Å². The van der Waals surface area contributed by atoms with Crippen LogP contribution in [0.1, 0.15) is 89.9 Å². The van der Waals surface area contributed by atoms with E-state index in [-0.39, 0.29) is 73.6 Å². The predicted octanol–water partition coefficient (Wildman–Crippen LogP) is 2.46. The maximum Gasteiger partial charge on any atom is 2.00 e. The number of sulfonamides is 2. The smallest absolute Gasteiger partial charge is 0.550 e. The van der Waals surface area contributed by atoms with Crippen molar-refractivity contribution in [2.24, 2.45) is 35.5 Å². The van der Waals surface area contributed by atoms with Crippen LogP contribution in [-0.4, -0.2) is 89.5 Å². The first-order valence-electron chi connectivity index (χ1n) is 18.8. The SMILES string of the molecule is O.O.O=C([O-])CCC/C=C\C[C@@H]1[C@@H]2CC[C@@H](C2)[C@@H]1NS(=O)(=O)c1ccccc1.O=C([O-])CCC/C=C\C[C@@H]1[C@@H]2CC[C@@H](C2)[C@H]1NS(=O)(=O)c1ccccc1.[Ca+2]. The summed E-state index contributed by atoms with van der Waals surface area (Å²) >= 11 is 0. The number of benzene rings is 2. The Kier molecular flexibility index (Phi) is 20.8. The van der Waals surface area contributed by atoms with Gasteiger partial charge in [-0.2, -0.15) is 0 Å².